The number of benzene rings is 1. The smallest absolute Gasteiger partial charge is 0.420 e. The normalized spacial score (nSPS) is 22.5. The summed E-state index contributed by atoms with van der Waals surface area (Å²) in [5, 5.41) is 3.93. The summed E-state index contributed by atoms with van der Waals surface area (Å²) in [5.74, 6) is 1.47. The molecule has 1 aliphatic carbocycles. The second-order valence-corrected chi connectivity index (χ2v) is 13.3. The molecule has 2 aromatic heterocycles. The number of nitrogens with zero attached hydrogens (tertiary/aromatic N) is 4. The monoisotopic (exact) mass is 603 g/mol. The maximum absolute atomic E-state index is 14.0. The lowest BCUT2D eigenvalue weighted by molar-refractivity contribution is -0.137. The molecular weight excluding hydrogens is 571 g/mol. The van der Waals surface area contributed by atoms with Crippen LogP contribution in [0.2, 0.25) is 0 Å². The summed E-state index contributed by atoms with van der Waals surface area (Å²) < 4.78 is 53.1. The van der Waals surface area contributed by atoms with E-state index in [1.807, 2.05) is 6.07 Å². The highest BCUT2D eigenvalue weighted by Gasteiger charge is 2.43. The molecule has 1 N–H and O–H groups in total. The van der Waals surface area contributed by atoms with Crippen LogP contribution in [0.25, 0.3) is 10.6 Å². The summed E-state index contributed by atoms with van der Waals surface area (Å²) in [4.78, 5) is 14.9. The third-order valence-corrected chi connectivity index (χ3v) is 10.6. The van der Waals surface area contributed by atoms with Crippen LogP contribution in [0.15, 0.2) is 35.4 Å². The molecule has 1 saturated carbocycles. The molecule has 0 spiro atoms. The first-order valence-electron chi connectivity index (χ1n) is 14.1. The van der Waals surface area contributed by atoms with Gasteiger partial charge in [0.2, 0.25) is 5.95 Å². The van der Waals surface area contributed by atoms with Crippen molar-refractivity contribution in [1.29, 1.82) is 0 Å². The van der Waals surface area contributed by atoms with Crippen LogP contribution < -0.4 is 15.0 Å². The number of thioether (sulfide) groups is 1. The number of fused-ring (bicyclic) bond motifs is 3. The van der Waals surface area contributed by atoms with Crippen molar-refractivity contribution in [3.05, 3.63) is 41.6 Å². The first kappa shape index (κ1) is 27.3. The number of likely N-dealkylation sites (tertiary alicyclic amines) is 1. The molecule has 3 fully saturated rings. The number of methoxy groups -OCH3 is 1. The summed E-state index contributed by atoms with van der Waals surface area (Å²) in [6, 6.07) is 9.22. The van der Waals surface area contributed by atoms with E-state index < -0.39 is 11.7 Å². The number of hydrogen-bond donors (Lipinski definition) is 1. The van der Waals surface area contributed by atoms with Crippen LogP contribution in [0.3, 0.4) is 0 Å². The molecule has 3 aromatic rings. The van der Waals surface area contributed by atoms with E-state index in [2.05, 4.69) is 37.2 Å². The van der Waals surface area contributed by atoms with Gasteiger partial charge in [-0.1, -0.05) is 11.3 Å². The fourth-order valence-electron chi connectivity index (χ4n) is 6.16. The summed E-state index contributed by atoms with van der Waals surface area (Å²) in [5.41, 5.74) is 2.29. The number of rotatable bonds is 8. The molecule has 12 heteroatoms. The quantitative estimate of drug-likeness (QED) is 0.308. The molecule has 2 saturated heterocycles. The molecule has 4 aliphatic rings. The molecule has 7 nitrogen and oxygen atoms in total. The van der Waals surface area contributed by atoms with Crippen LogP contribution in [0.1, 0.15) is 42.7 Å². The van der Waals surface area contributed by atoms with Gasteiger partial charge >= 0.3 is 6.18 Å². The zero-order chi connectivity index (χ0) is 28.1. The predicted molar refractivity (Wildman–Crippen MR) is 156 cm³/mol. The van der Waals surface area contributed by atoms with Gasteiger partial charge in [-0.15, -0.1) is 11.8 Å². The maximum atomic E-state index is 14.0. The van der Waals surface area contributed by atoms with Crippen molar-refractivity contribution in [1.82, 2.24) is 14.9 Å². The third-order valence-electron chi connectivity index (χ3n) is 8.34. The molecule has 218 valence electrons. The van der Waals surface area contributed by atoms with Crippen molar-refractivity contribution in [2.24, 2.45) is 0 Å². The van der Waals surface area contributed by atoms with Crippen molar-refractivity contribution in [2.75, 3.05) is 55.9 Å². The van der Waals surface area contributed by atoms with Gasteiger partial charge in [0, 0.05) is 62.2 Å². The highest BCUT2D eigenvalue weighted by atomic mass is 32.2. The van der Waals surface area contributed by atoms with Gasteiger partial charge in [-0.05, 0) is 61.4 Å². The Morgan fingerprint density at radius 1 is 1.17 bits per heavy atom. The number of ether oxygens (including phenoxy) is 2. The van der Waals surface area contributed by atoms with E-state index in [9.17, 15) is 13.2 Å². The Morgan fingerprint density at radius 3 is 2.80 bits per heavy atom. The van der Waals surface area contributed by atoms with Crippen molar-refractivity contribution in [3.8, 4) is 15.6 Å². The molecule has 2 unspecified atom stereocenters. The van der Waals surface area contributed by atoms with E-state index in [1.54, 1.807) is 24.9 Å². The molecule has 41 heavy (non-hydrogen) atoms. The van der Waals surface area contributed by atoms with Crippen LogP contribution in [-0.4, -0.2) is 72.7 Å². The second-order valence-electron chi connectivity index (χ2n) is 11.1. The van der Waals surface area contributed by atoms with E-state index in [1.165, 1.54) is 29.0 Å². The highest BCUT2D eigenvalue weighted by molar-refractivity contribution is 7.99. The Bertz CT molecular complexity index is 1410. The SMILES string of the molecule is COCCN1CC2CC1CN2c1ccc(Nc2ncc(C(F)(F)F)c(-c3cc4c(s3)OCCCS4)n2)c(C2CC2)c1. The predicted octanol–water partition coefficient (Wildman–Crippen LogP) is 6.63. The Labute approximate surface area is 245 Å². The number of nitrogens with one attached hydrogen (secondary N) is 1. The summed E-state index contributed by atoms with van der Waals surface area (Å²) in [6.07, 6.45) is 0.605. The standard InChI is InChI=1S/C29H32F3N5O2S2/c1-38-9-7-36-15-20-11-19(36)16-37(20)18-5-6-23(21(12-18)17-3-4-17)34-28-33-14-22(29(30,31)32)26(35-28)24-13-25-27(41-24)39-8-2-10-40-25/h5-6,12-14,17,19-20H,2-4,7-11,15-16H2,1H3,(H,33,34,35). The van der Waals surface area contributed by atoms with Gasteiger partial charge < -0.3 is 19.7 Å². The lowest BCUT2D eigenvalue weighted by Crippen LogP contribution is -2.47. The Hall–Kier alpha value is -2.54. The molecule has 1 aromatic carbocycles. The number of hydrogen-bond acceptors (Lipinski definition) is 9. The number of aromatic nitrogens is 2. The Kier molecular flexibility index (Phi) is 7.29. The maximum Gasteiger partial charge on any atom is 0.420 e. The lowest BCUT2D eigenvalue weighted by Gasteiger charge is -2.35. The van der Waals surface area contributed by atoms with Gasteiger partial charge in [0.25, 0.3) is 0 Å². The van der Waals surface area contributed by atoms with E-state index in [0.29, 0.717) is 34.5 Å². The molecule has 2 atom stereocenters. The first-order chi connectivity index (χ1) is 19.9. The number of alkyl halides is 3. The molecule has 0 radical (unpaired) electrons. The van der Waals surface area contributed by atoms with Crippen LogP contribution in [0.4, 0.5) is 30.5 Å². The topological polar surface area (TPSA) is 62.8 Å². The summed E-state index contributed by atoms with van der Waals surface area (Å²) >= 11 is 2.82. The Balaban J connectivity index is 1.16. The fraction of sp³-hybridized carbons (Fsp3) is 0.517. The molecule has 7 rings (SSSR count). The van der Waals surface area contributed by atoms with E-state index in [0.717, 1.165) is 68.0 Å². The van der Waals surface area contributed by atoms with Crippen LogP contribution in [0.5, 0.6) is 5.06 Å². The van der Waals surface area contributed by atoms with Crippen LogP contribution >= 0.6 is 23.1 Å². The number of anilines is 3. The number of halogens is 3. The minimum absolute atomic E-state index is 0.118. The number of thiophene rings is 1. The minimum Gasteiger partial charge on any atom is -0.483 e. The van der Waals surface area contributed by atoms with E-state index in [-0.39, 0.29) is 11.6 Å². The van der Waals surface area contributed by atoms with Gasteiger partial charge in [-0.2, -0.15) is 13.2 Å². The van der Waals surface area contributed by atoms with Crippen molar-refractivity contribution in [3.63, 3.8) is 0 Å². The van der Waals surface area contributed by atoms with Gasteiger partial charge in [0.1, 0.15) is 5.56 Å². The molecule has 5 heterocycles. The fourth-order valence-corrected chi connectivity index (χ4v) is 8.33. The molecular formula is C29H32F3N5O2S2. The van der Waals surface area contributed by atoms with Crippen LogP contribution in [-0.2, 0) is 10.9 Å². The van der Waals surface area contributed by atoms with Crippen LogP contribution in [0, 0.1) is 0 Å². The lowest BCUT2D eigenvalue weighted by atomic mass is 10.1. The average Bonchev–Trinajstić information content (AvgIpc) is 3.52. The van der Waals surface area contributed by atoms with Gasteiger partial charge in [0.05, 0.1) is 28.7 Å². The molecule has 0 amide bonds. The highest BCUT2D eigenvalue weighted by Crippen LogP contribution is 2.48. The zero-order valence-electron chi connectivity index (χ0n) is 22.7. The summed E-state index contributed by atoms with van der Waals surface area (Å²) in [6.45, 7) is 4.34. The molecule has 2 bridgehead atoms. The van der Waals surface area contributed by atoms with E-state index in [4.69, 9.17) is 9.47 Å². The minimum atomic E-state index is -4.57. The largest absolute Gasteiger partial charge is 0.483 e. The summed E-state index contributed by atoms with van der Waals surface area (Å²) in [7, 11) is 1.75. The van der Waals surface area contributed by atoms with Crippen molar-refractivity contribution < 1.29 is 22.6 Å². The van der Waals surface area contributed by atoms with Gasteiger partial charge in [-0.3, -0.25) is 4.90 Å². The van der Waals surface area contributed by atoms with Gasteiger partial charge in [0.15, 0.2) is 5.06 Å². The van der Waals surface area contributed by atoms with Crippen molar-refractivity contribution in [2.45, 2.75) is 54.8 Å². The Morgan fingerprint density at radius 2 is 2.05 bits per heavy atom. The second kappa shape index (κ2) is 10.9. The molecule has 3 aliphatic heterocycles. The van der Waals surface area contributed by atoms with E-state index >= 15 is 0 Å². The average molecular weight is 604 g/mol. The third kappa shape index (κ3) is 5.51. The zero-order valence-corrected chi connectivity index (χ0v) is 24.4. The van der Waals surface area contributed by atoms with Crippen molar-refractivity contribution >= 4 is 40.4 Å². The first-order valence-corrected chi connectivity index (χ1v) is 15.9. The number of piperazine rings is 1. The van der Waals surface area contributed by atoms with Gasteiger partial charge in [-0.25, -0.2) is 9.97 Å².